The zero-order valence-corrected chi connectivity index (χ0v) is 25.4. The molecule has 2 radical (unpaired) electrons. The molecule has 0 aromatic carbocycles. The molecule has 0 aromatic rings. The molecule has 1 atom stereocenters. The summed E-state index contributed by atoms with van der Waals surface area (Å²) >= 11 is 4.06. The summed E-state index contributed by atoms with van der Waals surface area (Å²) in [6, 6.07) is 0. The molecule has 0 heterocycles. The number of carbonyl (C=O) groups excluding carboxylic acids is 1. The summed E-state index contributed by atoms with van der Waals surface area (Å²) in [5, 5.41) is 0. The van der Waals surface area contributed by atoms with E-state index in [0.717, 1.165) is 6.42 Å². The first-order valence-corrected chi connectivity index (χ1v) is 18.3. The summed E-state index contributed by atoms with van der Waals surface area (Å²) in [5.74, 6) is 0.999. The van der Waals surface area contributed by atoms with Crippen molar-refractivity contribution in [2.45, 2.75) is 146 Å². The number of esters is 1. The van der Waals surface area contributed by atoms with Gasteiger partial charge in [-0.2, -0.15) is 12.6 Å². The van der Waals surface area contributed by atoms with Crippen LogP contribution in [0.5, 0.6) is 0 Å². The Bertz CT molecular complexity index is 325. The van der Waals surface area contributed by atoms with Gasteiger partial charge < -0.3 is 4.74 Å². The molecule has 31 heavy (non-hydrogen) atoms. The van der Waals surface area contributed by atoms with Crippen molar-refractivity contribution in [3.05, 3.63) is 0 Å². The summed E-state index contributed by atoms with van der Waals surface area (Å²) in [6.45, 7) is 9.51. The number of hydrogen-bond acceptors (Lipinski definition) is 3. The topological polar surface area (TPSA) is 26.3 Å². The normalized spacial score (nSPS) is 11.6. The van der Waals surface area contributed by atoms with Crippen LogP contribution in [0.15, 0.2) is 0 Å². The Morgan fingerprint density at radius 1 is 0.742 bits per heavy atom. The van der Waals surface area contributed by atoms with E-state index in [4.69, 9.17) is 4.74 Å². The first kappa shape index (κ1) is 33.8. The maximum atomic E-state index is 11.1. The first-order chi connectivity index (χ1) is 15.2. The van der Waals surface area contributed by atoms with E-state index in [-0.39, 0.29) is 27.1 Å². The molecule has 1 unspecified atom stereocenters. The Morgan fingerprint density at radius 3 is 1.68 bits per heavy atom. The van der Waals surface area contributed by atoms with Gasteiger partial charge in [-0.1, -0.05) is 33.1 Å². The second-order valence-corrected chi connectivity index (χ2v) is 13.6. The third-order valence-corrected chi connectivity index (χ3v) is 10.0. The minimum atomic E-state index is -0.116. The molecule has 0 aromatic heterocycles. The summed E-state index contributed by atoms with van der Waals surface area (Å²) in [6.07, 6.45) is 22.9. The third-order valence-electron chi connectivity index (χ3n) is 5.75. The average molecular weight is 564 g/mol. The second kappa shape index (κ2) is 30.6. The molecule has 0 aliphatic rings. The van der Waals surface area contributed by atoms with Crippen LogP contribution in [-0.4, -0.2) is 39.5 Å². The van der Waals surface area contributed by atoms with Crippen molar-refractivity contribution in [2.24, 2.45) is 5.92 Å². The molecule has 4 heteroatoms. The predicted octanol–water partition coefficient (Wildman–Crippen LogP) is 9.31. The van der Waals surface area contributed by atoms with Gasteiger partial charge in [0, 0.05) is 5.75 Å². The van der Waals surface area contributed by atoms with Crippen LogP contribution in [0.1, 0.15) is 137 Å². The predicted molar refractivity (Wildman–Crippen MR) is 145 cm³/mol. The van der Waals surface area contributed by atoms with Crippen LogP contribution in [-0.2, 0) is 9.53 Å². The molecule has 0 amide bonds. The molecule has 0 spiro atoms. The maximum absolute atomic E-state index is 11.1. The van der Waals surface area contributed by atoms with Gasteiger partial charge >= 0.3 is 127 Å². The Kier molecular flexibility index (Phi) is 33.4. The second-order valence-electron chi connectivity index (χ2n) is 8.86. The molecule has 0 rings (SSSR count). The van der Waals surface area contributed by atoms with Crippen LogP contribution in [0.3, 0.4) is 0 Å². The van der Waals surface area contributed by atoms with E-state index in [9.17, 15) is 4.79 Å². The van der Waals surface area contributed by atoms with E-state index in [0.29, 0.717) is 24.7 Å². The van der Waals surface area contributed by atoms with Crippen molar-refractivity contribution in [1.82, 2.24) is 0 Å². The van der Waals surface area contributed by atoms with Gasteiger partial charge in [0.2, 0.25) is 0 Å². The van der Waals surface area contributed by atoms with Gasteiger partial charge in [-0.25, -0.2) is 0 Å². The van der Waals surface area contributed by atoms with E-state index in [2.05, 4.69) is 40.3 Å². The van der Waals surface area contributed by atoms with Gasteiger partial charge in [0.15, 0.2) is 0 Å². The van der Waals surface area contributed by atoms with Crippen molar-refractivity contribution in [1.29, 1.82) is 0 Å². The van der Waals surface area contributed by atoms with Gasteiger partial charge in [-0.15, -0.1) is 0 Å². The van der Waals surface area contributed by atoms with Crippen molar-refractivity contribution in [3.8, 4) is 0 Å². The van der Waals surface area contributed by atoms with Crippen molar-refractivity contribution >= 4 is 39.7 Å². The fourth-order valence-electron chi connectivity index (χ4n) is 3.46. The quantitative estimate of drug-likeness (QED) is 0.0615. The van der Waals surface area contributed by atoms with E-state index < -0.39 is 0 Å². The Hall–Kier alpha value is 0.619. The number of carbonyl (C=O) groups is 1. The first-order valence-electron chi connectivity index (χ1n) is 13.6. The molecule has 186 valence electrons. The summed E-state index contributed by atoms with van der Waals surface area (Å²) in [4.78, 5) is 11.1. The van der Waals surface area contributed by atoms with Gasteiger partial charge in [0.05, 0.1) is 13.0 Å². The number of thiol groups is 1. The Morgan fingerprint density at radius 2 is 1.23 bits per heavy atom. The molecule has 0 bridgehead atoms. The molecule has 0 saturated carbocycles. The van der Waals surface area contributed by atoms with E-state index in [1.807, 2.05) is 0 Å². The molecule has 2 nitrogen and oxygen atoms in total. The molecular weight excluding hydrogens is 507 g/mol. The minimum absolute atomic E-state index is 0.0736. The van der Waals surface area contributed by atoms with Crippen LogP contribution in [0.2, 0.25) is 8.87 Å². The fraction of sp³-hybridized carbons (Fsp3) is 0.963. The van der Waals surface area contributed by atoms with E-state index in [1.54, 1.807) is 21.7 Å². The van der Waals surface area contributed by atoms with Gasteiger partial charge in [0.25, 0.3) is 0 Å². The van der Waals surface area contributed by atoms with Crippen molar-refractivity contribution in [3.63, 3.8) is 0 Å². The Balaban J connectivity index is 0. The summed E-state index contributed by atoms with van der Waals surface area (Å²) in [5.41, 5.74) is 0. The standard InChI is InChI=1S/C11H22O2S.2C8H17.Sn/c1-3-5-6-10(4-2)9-13-11(12)7-8-14;2*1-3-5-7-8-6-4-2;/h10,14H,3-9H2,1-2H3;2*1,3-8H2,2H3;. The van der Waals surface area contributed by atoms with Crippen molar-refractivity contribution in [2.75, 3.05) is 12.4 Å². The van der Waals surface area contributed by atoms with E-state index in [1.165, 1.54) is 83.5 Å². The molecule has 0 aliphatic heterocycles. The molecule has 0 aliphatic carbocycles. The monoisotopic (exact) mass is 564 g/mol. The number of unbranched alkanes of at least 4 members (excludes halogenated alkanes) is 11. The average Bonchev–Trinajstić information content (AvgIpc) is 2.78. The van der Waals surface area contributed by atoms with Crippen molar-refractivity contribution < 1.29 is 9.53 Å². The molecule has 0 fully saturated rings. The number of hydrogen-bond donors (Lipinski definition) is 1. The van der Waals surface area contributed by atoms with Crippen LogP contribution >= 0.6 is 12.6 Å². The number of ether oxygens (including phenoxy) is 1. The van der Waals surface area contributed by atoms with Crippen LogP contribution in [0, 0.1) is 5.92 Å². The van der Waals surface area contributed by atoms with Gasteiger partial charge in [-0.05, 0) is 12.3 Å². The fourth-order valence-corrected chi connectivity index (χ4v) is 7.21. The molecular formula is C27H56O2SSn. The molecule has 0 N–H and O–H groups in total. The van der Waals surface area contributed by atoms with Crippen LogP contribution < -0.4 is 0 Å². The zero-order valence-electron chi connectivity index (χ0n) is 21.7. The van der Waals surface area contributed by atoms with Gasteiger partial charge in [-0.3, -0.25) is 4.79 Å². The Labute approximate surface area is 212 Å². The van der Waals surface area contributed by atoms with Gasteiger partial charge in [0.1, 0.15) is 0 Å². The van der Waals surface area contributed by atoms with E-state index >= 15 is 0 Å². The van der Waals surface area contributed by atoms with Crippen LogP contribution in [0.25, 0.3) is 0 Å². The zero-order chi connectivity index (χ0) is 23.4. The SMILES string of the molecule is CCCCC(CC)COC(=O)CCS.CCCCCCC[CH2][Sn][CH2]CCCCCCC. The molecule has 0 saturated heterocycles. The summed E-state index contributed by atoms with van der Waals surface area (Å²) in [7, 11) is 0. The number of rotatable bonds is 22. The van der Waals surface area contributed by atoms with Crippen LogP contribution in [0.4, 0.5) is 0 Å². The summed E-state index contributed by atoms with van der Waals surface area (Å²) < 4.78 is 8.46. The third kappa shape index (κ3) is 30.6.